The molecule has 1 aromatic heterocycles. The van der Waals surface area contributed by atoms with Gasteiger partial charge in [-0.25, -0.2) is 4.98 Å². The Morgan fingerprint density at radius 1 is 1.14 bits per heavy atom. The highest BCUT2D eigenvalue weighted by Gasteiger charge is 2.15. The van der Waals surface area contributed by atoms with Crippen LogP contribution in [0.2, 0.25) is 0 Å². The molecule has 1 unspecified atom stereocenters. The Morgan fingerprint density at radius 2 is 1.86 bits per heavy atom. The molecule has 1 N–H and O–H groups in total. The van der Waals surface area contributed by atoms with Gasteiger partial charge < -0.3 is 9.73 Å². The largest absolute Gasteiger partial charge is 0.438 e. The molecule has 3 rings (SSSR count). The number of aromatic nitrogens is 1. The van der Waals surface area contributed by atoms with Crippen LogP contribution in [0.3, 0.4) is 0 Å². The molecule has 0 fully saturated rings. The van der Waals surface area contributed by atoms with Crippen LogP contribution in [0, 0.1) is 0 Å². The van der Waals surface area contributed by atoms with E-state index < -0.39 is 0 Å². The molecule has 0 saturated heterocycles. The van der Waals surface area contributed by atoms with Gasteiger partial charge in [0.15, 0.2) is 5.58 Å². The number of amides is 1. The van der Waals surface area contributed by atoms with E-state index in [0.29, 0.717) is 12.3 Å². The van der Waals surface area contributed by atoms with Crippen molar-refractivity contribution in [2.24, 2.45) is 0 Å². The smallest absolute Gasteiger partial charge is 0.225 e. The SMILES string of the molecule is CC(NC(=O)Cc1ccccc1)c1nc2ccccc2o1. The molecule has 0 bridgehead atoms. The van der Waals surface area contributed by atoms with Crippen molar-refractivity contribution >= 4 is 17.0 Å². The van der Waals surface area contributed by atoms with Gasteiger partial charge in [0.1, 0.15) is 11.6 Å². The Labute approximate surface area is 122 Å². The first-order chi connectivity index (χ1) is 10.2. The van der Waals surface area contributed by atoms with Gasteiger partial charge in [-0.2, -0.15) is 0 Å². The first-order valence-corrected chi connectivity index (χ1v) is 6.91. The number of fused-ring (bicyclic) bond motifs is 1. The number of benzene rings is 2. The molecule has 106 valence electrons. The molecular weight excluding hydrogens is 264 g/mol. The third kappa shape index (κ3) is 3.11. The summed E-state index contributed by atoms with van der Waals surface area (Å²) in [6, 6.07) is 17.0. The lowest BCUT2D eigenvalue weighted by atomic mass is 10.1. The molecule has 1 heterocycles. The average Bonchev–Trinajstić information content (AvgIpc) is 2.92. The quantitative estimate of drug-likeness (QED) is 0.798. The van der Waals surface area contributed by atoms with E-state index in [0.717, 1.165) is 16.7 Å². The number of rotatable bonds is 4. The van der Waals surface area contributed by atoms with Crippen LogP contribution in [0.25, 0.3) is 11.1 Å². The van der Waals surface area contributed by atoms with E-state index in [1.807, 2.05) is 61.5 Å². The average molecular weight is 280 g/mol. The lowest BCUT2D eigenvalue weighted by molar-refractivity contribution is -0.121. The summed E-state index contributed by atoms with van der Waals surface area (Å²) in [6.45, 7) is 1.87. The van der Waals surface area contributed by atoms with Crippen molar-refractivity contribution in [1.29, 1.82) is 0 Å². The lowest BCUT2D eigenvalue weighted by Gasteiger charge is -2.10. The highest BCUT2D eigenvalue weighted by atomic mass is 16.3. The van der Waals surface area contributed by atoms with Crippen LogP contribution in [0.5, 0.6) is 0 Å². The summed E-state index contributed by atoms with van der Waals surface area (Å²) in [7, 11) is 0. The van der Waals surface area contributed by atoms with Gasteiger partial charge in [0, 0.05) is 0 Å². The van der Waals surface area contributed by atoms with Crippen LogP contribution >= 0.6 is 0 Å². The number of hydrogen-bond donors (Lipinski definition) is 1. The van der Waals surface area contributed by atoms with E-state index in [1.165, 1.54) is 0 Å². The zero-order valence-electron chi connectivity index (χ0n) is 11.7. The first kappa shape index (κ1) is 13.4. The Hall–Kier alpha value is -2.62. The second-order valence-corrected chi connectivity index (χ2v) is 4.97. The third-order valence-electron chi connectivity index (χ3n) is 3.27. The molecule has 0 aliphatic carbocycles. The molecule has 0 saturated carbocycles. The highest BCUT2D eigenvalue weighted by molar-refractivity contribution is 5.79. The van der Waals surface area contributed by atoms with Crippen LogP contribution in [0.1, 0.15) is 24.4 Å². The normalized spacial score (nSPS) is 12.2. The van der Waals surface area contributed by atoms with Gasteiger partial charge in [-0.15, -0.1) is 0 Å². The van der Waals surface area contributed by atoms with Gasteiger partial charge in [-0.1, -0.05) is 42.5 Å². The van der Waals surface area contributed by atoms with Crippen molar-refractivity contribution in [3.8, 4) is 0 Å². The molecule has 0 aliphatic heterocycles. The topological polar surface area (TPSA) is 55.1 Å². The van der Waals surface area contributed by atoms with E-state index in [1.54, 1.807) is 0 Å². The number of para-hydroxylation sites is 2. The minimum atomic E-state index is -0.256. The molecular formula is C17H16N2O2. The minimum absolute atomic E-state index is 0.0454. The van der Waals surface area contributed by atoms with Crippen molar-refractivity contribution in [1.82, 2.24) is 10.3 Å². The van der Waals surface area contributed by atoms with Gasteiger partial charge in [0.25, 0.3) is 0 Å². The van der Waals surface area contributed by atoms with Gasteiger partial charge in [0.2, 0.25) is 11.8 Å². The first-order valence-electron chi connectivity index (χ1n) is 6.91. The van der Waals surface area contributed by atoms with Gasteiger partial charge in [-0.3, -0.25) is 4.79 Å². The van der Waals surface area contributed by atoms with E-state index in [9.17, 15) is 4.79 Å². The fourth-order valence-electron chi connectivity index (χ4n) is 2.21. The molecule has 4 heteroatoms. The van der Waals surface area contributed by atoms with E-state index >= 15 is 0 Å². The third-order valence-corrected chi connectivity index (χ3v) is 3.27. The van der Waals surface area contributed by atoms with Crippen molar-refractivity contribution < 1.29 is 9.21 Å². The maximum atomic E-state index is 12.0. The van der Waals surface area contributed by atoms with Crippen molar-refractivity contribution in [2.75, 3.05) is 0 Å². The Balaban J connectivity index is 1.68. The monoisotopic (exact) mass is 280 g/mol. The molecule has 21 heavy (non-hydrogen) atoms. The van der Waals surface area contributed by atoms with Gasteiger partial charge in [-0.05, 0) is 24.6 Å². The number of hydrogen-bond acceptors (Lipinski definition) is 3. The van der Waals surface area contributed by atoms with Crippen molar-refractivity contribution in [3.63, 3.8) is 0 Å². The van der Waals surface area contributed by atoms with Crippen LogP contribution in [-0.4, -0.2) is 10.9 Å². The molecule has 1 amide bonds. The number of carbonyl (C=O) groups is 1. The Morgan fingerprint density at radius 3 is 2.62 bits per heavy atom. The predicted molar refractivity (Wildman–Crippen MR) is 80.7 cm³/mol. The Kier molecular flexibility index (Phi) is 3.69. The van der Waals surface area contributed by atoms with E-state index in [-0.39, 0.29) is 11.9 Å². The minimum Gasteiger partial charge on any atom is -0.438 e. The molecule has 0 radical (unpaired) electrons. The Bertz CT molecular complexity index is 717. The standard InChI is InChI=1S/C17H16N2O2/c1-12(17-19-14-9-5-6-10-15(14)21-17)18-16(20)11-13-7-3-2-4-8-13/h2-10,12H,11H2,1H3,(H,18,20). The number of carbonyl (C=O) groups excluding carboxylic acids is 1. The van der Waals surface area contributed by atoms with Gasteiger partial charge in [0.05, 0.1) is 6.42 Å². The van der Waals surface area contributed by atoms with Crippen LogP contribution < -0.4 is 5.32 Å². The number of oxazole rings is 1. The van der Waals surface area contributed by atoms with Gasteiger partial charge >= 0.3 is 0 Å². The lowest BCUT2D eigenvalue weighted by Crippen LogP contribution is -2.28. The fraction of sp³-hybridized carbons (Fsp3) is 0.176. The molecule has 0 aliphatic rings. The fourth-order valence-corrected chi connectivity index (χ4v) is 2.21. The highest BCUT2D eigenvalue weighted by Crippen LogP contribution is 2.19. The maximum absolute atomic E-state index is 12.0. The molecule has 3 aromatic rings. The zero-order chi connectivity index (χ0) is 14.7. The van der Waals surface area contributed by atoms with Crippen LogP contribution in [0.4, 0.5) is 0 Å². The summed E-state index contributed by atoms with van der Waals surface area (Å²) in [4.78, 5) is 16.4. The van der Waals surface area contributed by atoms with Crippen molar-refractivity contribution in [2.45, 2.75) is 19.4 Å². The van der Waals surface area contributed by atoms with E-state index in [4.69, 9.17) is 4.42 Å². The summed E-state index contributed by atoms with van der Waals surface area (Å²) in [5, 5.41) is 2.91. The van der Waals surface area contributed by atoms with Crippen LogP contribution in [0.15, 0.2) is 59.0 Å². The molecule has 1 atom stereocenters. The second kappa shape index (κ2) is 5.79. The zero-order valence-corrected chi connectivity index (χ0v) is 11.7. The number of nitrogens with one attached hydrogen (secondary N) is 1. The van der Waals surface area contributed by atoms with Crippen molar-refractivity contribution in [3.05, 3.63) is 66.1 Å². The summed E-state index contributed by atoms with van der Waals surface area (Å²) in [5.74, 6) is 0.480. The predicted octanol–water partition coefficient (Wildman–Crippen LogP) is 3.25. The maximum Gasteiger partial charge on any atom is 0.225 e. The van der Waals surface area contributed by atoms with Crippen LogP contribution in [-0.2, 0) is 11.2 Å². The summed E-state index contributed by atoms with van der Waals surface area (Å²) in [6.07, 6.45) is 0.353. The summed E-state index contributed by atoms with van der Waals surface area (Å²) < 4.78 is 5.66. The molecule has 0 spiro atoms. The summed E-state index contributed by atoms with van der Waals surface area (Å²) in [5.41, 5.74) is 2.52. The summed E-state index contributed by atoms with van der Waals surface area (Å²) >= 11 is 0. The second-order valence-electron chi connectivity index (χ2n) is 4.97. The molecule has 2 aromatic carbocycles. The molecule has 4 nitrogen and oxygen atoms in total. The number of nitrogens with zero attached hydrogens (tertiary/aromatic N) is 1. The van der Waals surface area contributed by atoms with E-state index in [2.05, 4.69) is 10.3 Å².